The lowest BCUT2D eigenvalue weighted by Gasteiger charge is -2.36. The summed E-state index contributed by atoms with van der Waals surface area (Å²) in [7, 11) is 3.40. The van der Waals surface area contributed by atoms with E-state index in [1.807, 2.05) is 30.3 Å². The first-order chi connectivity index (χ1) is 15.9. The van der Waals surface area contributed by atoms with Gasteiger partial charge in [0.15, 0.2) is 0 Å². The zero-order chi connectivity index (χ0) is 23.8. The number of halogens is 1. The quantitative estimate of drug-likeness (QED) is 0.547. The first-order valence-corrected chi connectivity index (χ1v) is 11.6. The van der Waals surface area contributed by atoms with E-state index in [0.717, 1.165) is 29.7 Å². The lowest BCUT2D eigenvalue weighted by molar-refractivity contribution is -0.0950. The Morgan fingerprint density at radius 3 is 2.42 bits per heavy atom. The minimum Gasteiger partial charge on any atom is -0.489 e. The molecular weight excluding hydrogens is 423 g/mol. The number of carbonyl (C=O) groups excluding carboxylic acids is 1. The number of hydrogen-bond acceptors (Lipinski definition) is 4. The number of urea groups is 1. The Morgan fingerprint density at radius 2 is 1.82 bits per heavy atom. The summed E-state index contributed by atoms with van der Waals surface area (Å²) in [6.07, 6.45) is 3.14. The fourth-order valence-corrected chi connectivity index (χ4v) is 4.08. The van der Waals surface area contributed by atoms with Crippen LogP contribution in [0, 0.1) is 5.82 Å². The van der Waals surface area contributed by atoms with Gasteiger partial charge in [-0.05, 0) is 48.2 Å². The van der Waals surface area contributed by atoms with Gasteiger partial charge in [0.25, 0.3) is 0 Å². The minimum atomic E-state index is -0.556. The summed E-state index contributed by atoms with van der Waals surface area (Å²) in [5, 5.41) is 3.03. The number of hydrogen-bond donors (Lipinski definition) is 1. The summed E-state index contributed by atoms with van der Waals surface area (Å²) >= 11 is 0. The summed E-state index contributed by atoms with van der Waals surface area (Å²) in [4.78, 5) is 14.0. The maximum Gasteiger partial charge on any atom is 0.321 e. The van der Waals surface area contributed by atoms with Gasteiger partial charge in [0.1, 0.15) is 18.2 Å². The van der Waals surface area contributed by atoms with Crippen molar-refractivity contribution in [3.63, 3.8) is 0 Å². The highest BCUT2D eigenvalue weighted by atomic mass is 19.1. The predicted molar refractivity (Wildman–Crippen MR) is 127 cm³/mol. The van der Waals surface area contributed by atoms with Crippen molar-refractivity contribution in [2.75, 3.05) is 32.3 Å². The molecule has 0 spiro atoms. The van der Waals surface area contributed by atoms with Crippen molar-refractivity contribution >= 4 is 11.7 Å². The molecule has 1 fully saturated rings. The highest BCUT2D eigenvalue weighted by Crippen LogP contribution is 2.37. The van der Waals surface area contributed by atoms with Gasteiger partial charge in [-0.3, -0.25) is 4.90 Å². The van der Waals surface area contributed by atoms with E-state index in [1.165, 1.54) is 12.1 Å². The molecule has 1 saturated heterocycles. The number of nitrogens with one attached hydrogen (secondary N) is 1. The number of amides is 2. The Hall–Kier alpha value is -2.64. The van der Waals surface area contributed by atoms with Gasteiger partial charge in [-0.15, -0.1) is 0 Å². The van der Waals surface area contributed by atoms with Crippen LogP contribution in [-0.4, -0.2) is 39.4 Å². The molecule has 2 amide bonds. The Kier molecular flexibility index (Phi) is 8.69. The Morgan fingerprint density at radius 1 is 1.15 bits per heavy atom. The van der Waals surface area contributed by atoms with Crippen LogP contribution in [0.1, 0.15) is 50.7 Å². The molecule has 1 N–H and O–H groups in total. The SMILES string of the molecule is CCC(CC)NC(=O)N(C)c1ccc(COc2cc(F)cc(C3(OC)CCOCC3)c2)cc1. The van der Waals surface area contributed by atoms with Crippen LogP contribution < -0.4 is 15.0 Å². The molecule has 0 unspecified atom stereocenters. The molecule has 1 heterocycles. The summed E-state index contributed by atoms with van der Waals surface area (Å²) in [6.45, 7) is 5.57. The maximum atomic E-state index is 14.4. The van der Waals surface area contributed by atoms with Crippen LogP contribution >= 0.6 is 0 Å². The van der Waals surface area contributed by atoms with E-state index < -0.39 is 5.60 Å². The predicted octanol–water partition coefficient (Wildman–Crippen LogP) is 5.39. The molecule has 2 aromatic carbocycles. The second kappa shape index (κ2) is 11.5. The fourth-order valence-electron chi connectivity index (χ4n) is 4.08. The second-order valence-corrected chi connectivity index (χ2v) is 8.46. The molecule has 7 heteroatoms. The molecule has 0 aliphatic carbocycles. The van der Waals surface area contributed by atoms with E-state index in [9.17, 15) is 9.18 Å². The summed E-state index contributed by atoms with van der Waals surface area (Å²) in [6, 6.07) is 12.4. The maximum absolute atomic E-state index is 14.4. The number of benzene rings is 2. The molecular formula is C26H35FN2O4. The van der Waals surface area contributed by atoms with Gasteiger partial charge in [-0.2, -0.15) is 0 Å². The fraction of sp³-hybridized carbons (Fsp3) is 0.500. The highest BCUT2D eigenvalue weighted by Gasteiger charge is 2.35. The smallest absolute Gasteiger partial charge is 0.321 e. The molecule has 1 aliphatic rings. The molecule has 180 valence electrons. The van der Waals surface area contributed by atoms with E-state index >= 15 is 0 Å². The van der Waals surface area contributed by atoms with Crippen LogP contribution in [0.15, 0.2) is 42.5 Å². The monoisotopic (exact) mass is 458 g/mol. The van der Waals surface area contributed by atoms with Gasteiger partial charge < -0.3 is 19.5 Å². The molecule has 0 atom stereocenters. The molecule has 2 aromatic rings. The Labute approximate surface area is 196 Å². The van der Waals surface area contributed by atoms with Crippen molar-refractivity contribution in [2.24, 2.45) is 0 Å². The number of carbonyl (C=O) groups is 1. The normalized spacial score (nSPS) is 15.3. The second-order valence-electron chi connectivity index (χ2n) is 8.46. The van der Waals surface area contributed by atoms with Gasteiger partial charge in [-0.25, -0.2) is 9.18 Å². The van der Waals surface area contributed by atoms with Crippen molar-refractivity contribution in [1.29, 1.82) is 0 Å². The molecule has 1 aliphatic heterocycles. The number of rotatable bonds is 9. The first kappa shape index (κ1) is 25.0. The van der Waals surface area contributed by atoms with Crippen molar-refractivity contribution in [1.82, 2.24) is 5.32 Å². The number of methoxy groups -OCH3 is 1. The number of ether oxygens (including phenoxy) is 3. The topological polar surface area (TPSA) is 60.0 Å². The van der Waals surface area contributed by atoms with Gasteiger partial charge in [0.2, 0.25) is 0 Å². The van der Waals surface area contributed by atoms with Crippen LogP contribution in [-0.2, 0) is 21.7 Å². The first-order valence-electron chi connectivity index (χ1n) is 11.6. The van der Waals surface area contributed by atoms with Crippen molar-refractivity contribution in [2.45, 2.75) is 57.8 Å². The Balaban J connectivity index is 1.64. The standard InChI is InChI=1S/C26H35FN2O4/c1-5-22(6-2)28-25(30)29(3)23-9-7-19(8-10-23)18-33-24-16-20(15-21(27)17-24)26(31-4)11-13-32-14-12-26/h7-10,15-17,22H,5-6,11-14,18H2,1-4H3,(H,28,30). The molecule has 0 radical (unpaired) electrons. The minimum absolute atomic E-state index is 0.125. The van der Waals surface area contributed by atoms with Gasteiger partial charge >= 0.3 is 6.03 Å². The summed E-state index contributed by atoms with van der Waals surface area (Å²) < 4.78 is 31.5. The lowest BCUT2D eigenvalue weighted by atomic mass is 9.86. The molecule has 0 bridgehead atoms. The van der Waals surface area contributed by atoms with E-state index in [4.69, 9.17) is 14.2 Å². The average Bonchev–Trinajstić information content (AvgIpc) is 2.85. The number of anilines is 1. The third-order valence-corrected chi connectivity index (χ3v) is 6.44. The molecule has 0 saturated carbocycles. The van der Waals surface area contributed by atoms with Crippen molar-refractivity contribution in [3.05, 3.63) is 59.4 Å². The number of nitrogens with zero attached hydrogens (tertiary/aromatic N) is 1. The summed E-state index contributed by atoms with van der Waals surface area (Å²) in [5.74, 6) is 0.101. The highest BCUT2D eigenvalue weighted by molar-refractivity contribution is 5.91. The van der Waals surface area contributed by atoms with Gasteiger partial charge in [0, 0.05) is 58.0 Å². The van der Waals surface area contributed by atoms with Crippen LogP contribution in [0.4, 0.5) is 14.9 Å². The van der Waals surface area contributed by atoms with Crippen molar-refractivity contribution < 1.29 is 23.4 Å². The van der Waals surface area contributed by atoms with E-state index in [-0.39, 0.29) is 24.5 Å². The van der Waals surface area contributed by atoms with Crippen LogP contribution in [0.5, 0.6) is 5.75 Å². The Bertz CT molecular complexity index is 909. The molecule has 33 heavy (non-hydrogen) atoms. The van der Waals surface area contributed by atoms with Crippen LogP contribution in [0.3, 0.4) is 0 Å². The average molecular weight is 459 g/mol. The zero-order valence-electron chi connectivity index (χ0n) is 20.0. The lowest BCUT2D eigenvalue weighted by Crippen LogP contribution is -2.42. The van der Waals surface area contributed by atoms with Gasteiger partial charge in [0.05, 0.1) is 5.60 Å². The zero-order valence-corrected chi connectivity index (χ0v) is 20.0. The van der Waals surface area contributed by atoms with Crippen molar-refractivity contribution in [3.8, 4) is 5.75 Å². The van der Waals surface area contributed by atoms with Crippen LogP contribution in [0.25, 0.3) is 0 Å². The largest absolute Gasteiger partial charge is 0.489 e. The third kappa shape index (κ3) is 6.24. The van der Waals surface area contributed by atoms with E-state index in [0.29, 0.717) is 31.8 Å². The molecule has 0 aromatic heterocycles. The van der Waals surface area contributed by atoms with Gasteiger partial charge in [-0.1, -0.05) is 26.0 Å². The molecule has 3 rings (SSSR count). The van der Waals surface area contributed by atoms with E-state index in [2.05, 4.69) is 19.2 Å². The van der Waals surface area contributed by atoms with E-state index in [1.54, 1.807) is 19.1 Å². The molecule has 6 nitrogen and oxygen atoms in total. The third-order valence-electron chi connectivity index (χ3n) is 6.44. The summed E-state index contributed by atoms with van der Waals surface area (Å²) in [5.41, 5.74) is 1.92. The van der Waals surface area contributed by atoms with Crippen LogP contribution in [0.2, 0.25) is 0 Å².